The van der Waals surface area contributed by atoms with Crippen molar-refractivity contribution in [1.82, 2.24) is 4.98 Å². The lowest BCUT2D eigenvalue weighted by atomic mass is 10.3. The number of halogens is 1. The quantitative estimate of drug-likeness (QED) is 0.685. The van der Waals surface area contributed by atoms with Crippen molar-refractivity contribution < 1.29 is 5.11 Å². The van der Waals surface area contributed by atoms with Gasteiger partial charge in [0.2, 0.25) is 0 Å². The van der Waals surface area contributed by atoms with Gasteiger partial charge in [0.05, 0.1) is 10.2 Å². The molecule has 1 aromatic carbocycles. The van der Waals surface area contributed by atoms with Crippen LogP contribution in [0.2, 0.25) is 4.47 Å². The minimum atomic E-state index is 0.222. The van der Waals surface area contributed by atoms with Gasteiger partial charge in [0, 0.05) is 6.07 Å². The largest absolute Gasteiger partial charge is 0.508 e. The van der Waals surface area contributed by atoms with Crippen molar-refractivity contribution in [2.75, 3.05) is 0 Å². The predicted octanol–water partition coefficient (Wildman–Crippen LogP) is 2.66. The standard InChI is InChI=1S/C7H4ClNOS/c8-7-9-5-3-4(10)1-2-6(5)11-7/h1-3,10H. The lowest BCUT2D eigenvalue weighted by molar-refractivity contribution is 0.476. The normalized spacial score (nSPS) is 10.6. The second kappa shape index (κ2) is 2.36. The van der Waals surface area contributed by atoms with Crippen LogP contribution >= 0.6 is 22.9 Å². The average molecular weight is 186 g/mol. The molecule has 2 aromatic rings. The molecule has 0 amide bonds. The Balaban J connectivity index is 2.82. The van der Waals surface area contributed by atoms with E-state index in [2.05, 4.69) is 4.98 Å². The maximum Gasteiger partial charge on any atom is 0.184 e. The van der Waals surface area contributed by atoms with E-state index in [1.54, 1.807) is 18.2 Å². The fourth-order valence-electron chi connectivity index (χ4n) is 0.888. The summed E-state index contributed by atoms with van der Waals surface area (Å²) >= 11 is 7.07. The Morgan fingerprint density at radius 1 is 1.45 bits per heavy atom. The number of fused-ring (bicyclic) bond motifs is 1. The molecule has 1 N–H and O–H groups in total. The van der Waals surface area contributed by atoms with E-state index in [0.717, 1.165) is 10.2 Å². The molecule has 0 bridgehead atoms. The van der Waals surface area contributed by atoms with Gasteiger partial charge in [-0.25, -0.2) is 4.98 Å². The van der Waals surface area contributed by atoms with E-state index in [0.29, 0.717) is 4.47 Å². The lowest BCUT2D eigenvalue weighted by Gasteiger charge is -1.87. The molecule has 1 aromatic heterocycles. The van der Waals surface area contributed by atoms with Gasteiger partial charge in [-0.1, -0.05) is 11.6 Å². The summed E-state index contributed by atoms with van der Waals surface area (Å²) in [6.45, 7) is 0. The lowest BCUT2D eigenvalue weighted by Crippen LogP contribution is -1.66. The summed E-state index contributed by atoms with van der Waals surface area (Å²) in [5.74, 6) is 0.222. The van der Waals surface area contributed by atoms with Crippen LogP contribution in [-0.2, 0) is 0 Å². The molecule has 2 rings (SSSR count). The van der Waals surface area contributed by atoms with E-state index in [9.17, 15) is 0 Å². The number of hydrogen-bond acceptors (Lipinski definition) is 3. The van der Waals surface area contributed by atoms with Gasteiger partial charge >= 0.3 is 0 Å². The second-order valence-electron chi connectivity index (χ2n) is 2.12. The van der Waals surface area contributed by atoms with Crippen molar-refractivity contribution in [2.24, 2.45) is 0 Å². The number of rotatable bonds is 0. The first-order valence-electron chi connectivity index (χ1n) is 3.01. The monoisotopic (exact) mass is 185 g/mol. The highest BCUT2D eigenvalue weighted by Crippen LogP contribution is 2.27. The van der Waals surface area contributed by atoms with Crippen LogP contribution in [-0.4, -0.2) is 10.1 Å². The number of hydrogen-bond donors (Lipinski definition) is 1. The zero-order valence-electron chi connectivity index (χ0n) is 5.41. The first kappa shape index (κ1) is 6.88. The number of nitrogens with zero attached hydrogens (tertiary/aromatic N) is 1. The fraction of sp³-hybridized carbons (Fsp3) is 0. The molecule has 11 heavy (non-hydrogen) atoms. The zero-order chi connectivity index (χ0) is 7.84. The molecule has 0 unspecified atom stereocenters. The van der Waals surface area contributed by atoms with Crippen molar-refractivity contribution in [3.05, 3.63) is 22.7 Å². The predicted molar refractivity (Wildman–Crippen MR) is 46.3 cm³/mol. The molecule has 2 nitrogen and oxygen atoms in total. The summed E-state index contributed by atoms with van der Waals surface area (Å²) in [6, 6.07) is 5.02. The molecule has 0 radical (unpaired) electrons. The van der Waals surface area contributed by atoms with E-state index in [1.807, 2.05) is 0 Å². The van der Waals surface area contributed by atoms with Gasteiger partial charge in [0.1, 0.15) is 5.75 Å². The van der Waals surface area contributed by atoms with Gasteiger partial charge in [-0.3, -0.25) is 0 Å². The average Bonchev–Trinajstić information content (AvgIpc) is 2.27. The molecular weight excluding hydrogens is 182 g/mol. The van der Waals surface area contributed by atoms with Crippen LogP contribution in [0, 0.1) is 0 Å². The van der Waals surface area contributed by atoms with Gasteiger partial charge in [-0.15, -0.1) is 11.3 Å². The Bertz CT molecular complexity index is 398. The summed E-state index contributed by atoms with van der Waals surface area (Å²) in [7, 11) is 0. The first-order chi connectivity index (χ1) is 5.25. The van der Waals surface area contributed by atoms with Crippen LogP contribution in [0.25, 0.3) is 10.2 Å². The number of aromatic nitrogens is 1. The number of benzene rings is 1. The van der Waals surface area contributed by atoms with Crippen LogP contribution in [0.3, 0.4) is 0 Å². The Labute approximate surface area is 72.1 Å². The van der Waals surface area contributed by atoms with Crippen molar-refractivity contribution in [1.29, 1.82) is 0 Å². The second-order valence-corrected chi connectivity index (χ2v) is 3.73. The van der Waals surface area contributed by atoms with Crippen LogP contribution in [0.1, 0.15) is 0 Å². The van der Waals surface area contributed by atoms with E-state index >= 15 is 0 Å². The van der Waals surface area contributed by atoms with Crippen LogP contribution < -0.4 is 0 Å². The highest BCUT2D eigenvalue weighted by atomic mass is 35.5. The van der Waals surface area contributed by atoms with Crippen molar-refractivity contribution in [3.8, 4) is 5.75 Å². The third-order valence-corrected chi connectivity index (χ3v) is 2.49. The van der Waals surface area contributed by atoms with E-state index in [4.69, 9.17) is 16.7 Å². The maximum absolute atomic E-state index is 9.06. The van der Waals surface area contributed by atoms with Crippen LogP contribution in [0.15, 0.2) is 18.2 Å². The molecule has 0 aliphatic rings. The summed E-state index contributed by atoms with van der Waals surface area (Å²) in [5, 5.41) is 9.06. The molecule has 0 saturated carbocycles. The fourth-order valence-corrected chi connectivity index (χ4v) is 1.90. The highest BCUT2D eigenvalue weighted by molar-refractivity contribution is 7.22. The van der Waals surface area contributed by atoms with Gasteiger partial charge in [0.25, 0.3) is 0 Å². The Morgan fingerprint density at radius 3 is 3.09 bits per heavy atom. The molecule has 0 atom stereocenters. The minimum Gasteiger partial charge on any atom is -0.508 e. The molecule has 0 aliphatic heterocycles. The highest BCUT2D eigenvalue weighted by Gasteiger charge is 2.00. The van der Waals surface area contributed by atoms with Gasteiger partial charge in [-0.05, 0) is 12.1 Å². The third kappa shape index (κ3) is 1.17. The van der Waals surface area contributed by atoms with Crippen molar-refractivity contribution >= 4 is 33.2 Å². The third-order valence-electron chi connectivity index (χ3n) is 1.35. The summed E-state index contributed by atoms with van der Waals surface area (Å²) in [5.41, 5.74) is 0.750. The number of phenolic OH excluding ortho intramolecular Hbond substituents is 1. The number of thiazole rings is 1. The van der Waals surface area contributed by atoms with Crippen molar-refractivity contribution in [3.63, 3.8) is 0 Å². The number of phenols is 1. The molecule has 0 fully saturated rings. The minimum absolute atomic E-state index is 0.222. The summed E-state index contributed by atoms with van der Waals surface area (Å²) < 4.78 is 1.50. The van der Waals surface area contributed by atoms with Crippen LogP contribution in [0.4, 0.5) is 0 Å². The van der Waals surface area contributed by atoms with Gasteiger partial charge in [-0.2, -0.15) is 0 Å². The Morgan fingerprint density at radius 2 is 2.27 bits per heavy atom. The van der Waals surface area contributed by atoms with Gasteiger partial charge in [0.15, 0.2) is 4.47 Å². The van der Waals surface area contributed by atoms with E-state index in [-0.39, 0.29) is 5.75 Å². The maximum atomic E-state index is 9.06. The SMILES string of the molecule is Oc1ccc2sc(Cl)nc2c1. The Hall–Kier alpha value is -0.800. The van der Waals surface area contributed by atoms with E-state index < -0.39 is 0 Å². The van der Waals surface area contributed by atoms with Crippen molar-refractivity contribution in [2.45, 2.75) is 0 Å². The molecule has 0 saturated heterocycles. The topological polar surface area (TPSA) is 33.1 Å². The zero-order valence-corrected chi connectivity index (χ0v) is 6.99. The molecule has 1 heterocycles. The molecule has 4 heteroatoms. The van der Waals surface area contributed by atoms with E-state index in [1.165, 1.54) is 11.3 Å². The molecule has 0 aliphatic carbocycles. The molecular formula is C7H4ClNOS. The summed E-state index contributed by atoms with van der Waals surface area (Å²) in [4.78, 5) is 4.00. The Kier molecular flexibility index (Phi) is 1.47. The van der Waals surface area contributed by atoms with Crippen LogP contribution in [0.5, 0.6) is 5.75 Å². The van der Waals surface area contributed by atoms with Gasteiger partial charge < -0.3 is 5.11 Å². The number of aromatic hydroxyl groups is 1. The summed E-state index contributed by atoms with van der Waals surface area (Å²) in [6.07, 6.45) is 0. The first-order valence-corrected chi connectivity index (χ1v) is 4.20. The molecule has 56 valence electrons. The smallest absolute Gasteiger partial charge is 0.184 e. The molecule has 0 spiro atoms.